The van der Waals surface area contributed by atoms with E-state index in [-0.39, 0.29) is 0 Å². The molecule has 1 saturated heterocycles. The van der Waals surface area contributed by atoms with E-state index >= 15 is 0 Å². The molecule has 2 heterocycles. The van der Waals surface area contributed by atoms with Crippen LogP contribution in [0, 0.1) is 18.8 Å². The maximum absolute atomic E-state index is 4.47. The number of nitrogens with zero attached hydrogens (tertiary/aromatic N) is 2. The average molecular weight is 242 g/mol. The summed E-state index contributed by atoms with van der Waals surface area (Å²) >= 11 is 0. The minimum absolute atomic E-state index is 0.962. The molecule has 0 amide bonds. The highest BCUT2D eigenvalue weighted by Crippen LogP contribution is 2.38. The molecule has 2 heteroatoms. The van der Waals surface area contributed by atoms with Gasteiger partial charge >= 0.3 is 0 Å². The molecule has 0 bridgehead atoms. The van der Waals surface area contributed by atoms with Gasteiger partial charge in [-0.2, -0.15) is 0 Å². The Morgan fingerprint density at radius 3 is 2.67 bits per heavy atom. The summed E-state index contributed by atoms with van der Waals surface area (Å²) in [5.41, 5.74) is 3.43. The number of hydrogen-bond donors (Lipinski definition) is 0. The first-order valence-corrected chi connectivity index (χ1v) is 7.05. The topological polar surface area (TPSA) is 16.1 Å². The van der Waals surface area contributed by atoms with Crippen LogP contribution in [0.4, 0.5) is 0 Å². The Balaban J connectivity index is 1.60. The van der Waals surface area contributed by atoms with E-state index in [1.54, 1.807) is 0 Å². The van der Waals surface area contributed by atoms with Crippen LogP contribution in [0.1, 0.15) is 30.5 Å². The van der Waals surface area contributed by atoms with Crippen molar-refractivity contribution in [2.45, 2.75) is 26.2 Å². The van der Waals surface area contributed by atoms with Gasteiger partial charge in [-0.3, -0.25) is 9.88 Å². The lowest BCUT2D eigenvalue weighted by atomic mass is 10.0. The summed E-state index contributed by atoms with van der Waals surface area (Å²) in [6.07, 6.45) is 6.26. The van der Waals surface area contributed by atoms with Crippen molar-refractivity contribution in [2.24, 2.45) is 11.8 Å². The molecule has 2 nitrogen and oxygen atoms in total. The fourth-order valence-electron chi connectivity index (χ4n) is 3.49. The summed E-state index contributed by atoms with van der Waals surface area (Å²) in [6.45, 7) is 9.81. The number of aromatic nitrogens is 1. The quantitative estimate of drug-likeness (QED) is 0.809. The number of aryl methyl sites for hydroxylation is 1. The average Bonchev–Trinajstić information content (AvgIpc) is 2.90. The molecule has 3 rings (SSSR count). The maximum atomic E-state index is 4.47. The Bertz CT molecular complexity index is 423. The third-order valence-electron chi connectivity index (χ3n) is 4.49. The molecule has 2 fully saturated rings. The van der Waals surface area contributed by atoms with Crippen LogP contribution in [-0.4, -0.2) is 29.5 Å². The molecule has 96 valence electrons. The SMILES string of the molecule is C=C(CN1CC2CCCC2C1)c1ccc(C)cn1. The number of pyridine rings is 1. The van der Waals surface area contributed by atoms with Crippen LogP contribution < -0.4 is 0 Å². The van der Waals surface area contributed by atoms with Crippen molar-refractivity contribution in [1.29, 1.82) is 0 Å². The van der Waals surface area contributed by atoms with Crippen LogP contribution >= 0.6 is 0 Å². The van der Waals surface area contributed by atoms with E-state index in [4.69, 9.17) is 0 Å². The Kier molecular flexibility index (Phi) is 3.21. The van der Waals surface area contributed by atoms with Gasteiger partial charge in [0.1, 0.15) is 0 Å². The lowest BCUT2D eigenvalue weighted by molar-refractivity contribution is 0.349. The van der Waals surface area contributed by atoms with E-state index in [0.717, 1.165) is 29.6 Å². The van der Waals surface area contributed by atoms with Crippen LogP contribution in [0.15, 0.2) is 24.9 Å². The van der Waals surface area contributed by atoms with Crippen molar-refractivity contribution < 1.29 is 0 Å². The number of hydrogen-bond acceptors (Lipinski definition) is 2. The Hall–Kier alpha value is -1.15. The second-order valence-electron chi connectivity index (χ2n) is 5.97. The molecule has 0 aromatic carbocycles. The highest BCUT2D eigenvalue weighted by Gasteiger charge is 2.35. The molecular formula is C16H22N2. The van der Waals surface area contributed by atoms with Gasteiger partial charge in [-0.05, 0) is 48.8 Å². The molecule has 2 aliphatic rings. The molecule has 2 atom stereocenters. The largest absolute Gasteiger partial charge is 0.298 e. The van der Waals surface area contributed by atoms with Crippen molar-refractivity contribution in [3.63, 3.8) is 0 Å². The van der Waals surface area contributed by atoms with Crippen LogP contribution in [0.25, 0.3) is 5.57 Å². The van der Waals surface area contributed by atoms with Crippen molar-refractivity contribution in [1.82, 2.24) is 9.88 Å². The summed E-state index contributed by atoms with van der Waals surface area (Å²) in [5.74, 6) is 1.92. The highest BCUT2D eigenvalue weighted by atomic mass is 15.2. The minimum atomic E-state index is 0.962. The molecule has 1 aromatic rings. The normalized spacial score (nSPS) is 27.4. The lowest BCUT2D eigenvalue weighted by Crippen LogP contribution is -2.23. The van der Waals surface area contributed by atoms with E-state index in [9.17, 15) is 0 Å². The van der Waals surface area contributed by atoms with Crippen molar-refractivity contribution >= 4 is 5.57 Å². The summed E-state index contributed by atoms with van der Waals surface area (Å²) in [5, 5.41) is 0. The van der Waals surface area contributed by atoms with Gasteiger partial charge in [-0.25, -0.2) is 0 Å². The van der Waals surface area contributed by atoms with Gasteiger partial charge in [0.15, 0.2) is 0 Å². The molecule has 0 radical (unpaired) electrons. The molecular weight excluding hydrogens is 220 g/mol. The zero-order chi connectivity index (χ0) is 12.5. The number of fused-ring (bicyclic) bond motifs is 1. The molecule has 1 aliphatic carbocycles. The Morgan fingerprint density at radius 1 is 1.33 bits per heavy atom. The highest BCUT2D eigenvalue weighted by molar-refractivity contribution is 5.61. The molecule has 0 spiro atoms. The van der Waals surface area contributed by atoms with Gasteiger partial charge in [-0.1, -0.05) is 19.1 Å². The lowest BCUT2D eigenvalue weighted by Gasteiger charge is -2.18. The monoisotopic (exact) mass is 242 g/mol. The van der Waals surface area contributed by atoms with Crippen molar-refractivity contribution in [3.05, 3.63) is 36.2 Å². The second kappa shape index (κ2) is 4.85. The standard InChI is InChI=1S/C16H22N2/c1-12-6-7-16(17-8-12)13(2)9-18-10-14-4-3-5-15(14)11-18/h6-8,14-15H,2-5,9-11H2,1H3. The van der Waals surface area contributed by atoms with E-state index in [1.165, 1.54) is 37.9 Å². The molecule has 2 unspecified atom stereocenters. The van der Waals surface area contributed by atoms with Crippen LogP contribution in [0.3, 0.4) is 0 Å². The van der Waals surface area contributed by atoms with Crippen LogP contribution in [0.5, 0.6) is 0 Å². The van der Waals surface area contributed by atoms with Gasteiger partial charge in [0.25, 0.3) is 0 Å². The first kappa shape index (κ1) is 11.9. The maximum Gasteiger partial charge on any atom is 0.0668 e. The zero-order valence-electron chi connectivity index (χ0n) is 11.2. The van der Waals surface area contributed by atoms with Gasteiger partial charge in [0.05, 0.1) is 5.69 Å². The third-order valence-corrected chi connectivity index (χ3v) is 4.49. The van der Waals surface area contributed by atoms with Gasteiger partial charge in [0, 0.05) is 25.8 Å². The predicted molar refractivity (Wildman–Crippen MR) is 75.3 cm³/mol. The zero-order valence-corrected chi connectivity index (χ0v) is 11.2. The summed E-state index contributed by atoms with van der Waals surface area (Å²) in [4.78, 5) is 7.03. The summed E-state index contributed by atoms with van der Waals surface area (Å²) < 4.78 is 0. The smallest absolute Gasteiger partial charge is 0.0668 e. The molecule has 1 aromatic heterocycles. The molecule has 18 heavy (non-hydrogen) atoms. The van der Waals surface area contributed by atoms with Gasteiger partial charge in [-0.15, -0.1) is 0 Å². The Morgan fingerprint density at radius 2 is 2.06 bits per heavy atom. The minimum Gasteiger partial charge on any atom is -0.298 e. The van der Waals surface area contributed by atoms with Crippen LogP contribution in [0.2, 0.25) is 0 Å². The first-order valence-electron chi connectivity index (χ1n) is 7.05. The third kappa shape index (κ3) is 2.35. The fraction of sp³-hybridized carbons (Fsp3) is 0.562. The second-order valence-corrected chi connectivity index (χ2v) is 5.97. The van der Waals surface area contributed by atoms with Gasteiger partial charge < -0.3 is 0 Å². The predicted octanol–water partition coefficient (Wildman–Crippen LogP) is 3.14. The van der Waals surface area contributed by atoms with Crippen LogP contribution in [-0.2, 0) is 0 Å². The first-order chi connectivity index (χ1) is 8.72. The molecule has 0 N–H and O–H groups in total. The summed E-state index contributed by atoms with van der Waals surface area (Å²) in [6, 6.07) is 4.21. The van der Waals surface area contributed by atoms with E-state index < -0.39 is 0 Å². The molecule has 1 aliphatic heterocycles. The van der Waals surface area contributed by atoms with Crippen molar-refractivity contribution in [2.75, 3.05) is 19.6 Å². The van der Waals surface area contributed by atoms with E-state index in [2.05, 4.69) is 35.5 Å². The van der Waals surface area contributed by atoms with Gasteiger partial charge in [0.2, 0.25) is 0 Å². The number of likely N-dealkylation sites (tertiary alicyclic amines) is 1. The fourth-order valence-corrected chi connectivity index (χ4v) is 3.49. The molecule has 1 saturated carbocycles. The number of rotatable bonds is 3. The summed E-state index contributed by atoms with van der Waals surface area (Å²) in [7, 11) is 0. The Labute approximate surface area is 110 Å². The van der Waals surface area contributed by atoms with E-state index in [1.807, 2.05) is 6.20 Å². The van der Waals surface area contributed by atoms with E-state index in [0.29, 0.717) is 0 Å². The van der Waals surface area contributed by atoms with Crippen molar-refractivity contribution in [3.8, 4) is 0 Å².